The Morgan fingerprint density at radius 1 is 1.37 bits per heavy atom. The van der Waals surface area contributed by atoms with Gasteiger partial charge in [-0.1, -0.05) is 0 Å². The lowest BCUT2D eigenvalue weighted by atomic mass is 10.0. The van der Waals surface area contributed by atoms with Crippen molar-refractivity contribution < 1.29 is 14.3 Å². The van der Waals surface area contributed by atoms with E-state index in [1.165, 1.54) is 0 Å². The van der Waals surface area contributed by atoms with E-state index in [0.29, 0.717) is 26.1 Å². The molecular formula is C13H25N3O3. The van der Waals surface area contributed by atoms with Gasteiger partial charge in [-0.25, -0.2) is 0 Å². The van der Waals surface area contributed by atoms with Crippen LogP contribution in [0.15, 0.2) is 0 Å². The van der Waals surface area contributed by atoms with Crippen LogP contribution in [0.1, 0.15) is 32.6 Å². The molecule has 0 atom stereocenters. The lowest BCUT2D eigenvalue weighted by molar-refractivity contribution is -0.138. The first-order chi connectivity index (χ1) is 9.15. The molecule has 0 unspecified atom stereocenters. The van der Waals surface area contributed by atoms with Gasteiger partial charge in [-0.2, -0.15) is 0 Å². The molecule has 0 saturated carbocycles. The summed E-state index contributed by atoms with van der Waals surface area (Å²) in [6.45, 7) is 4.96. The van der Waals surface area contributed by atoms with Crippen LogP contribution >= 0.6 is 0 Å². The standard InChI is InChI=1S/C13H25N3O3/c1-2-19-9-3-4-13(18)16(10-12(14)17)11-5-7-15-8-6-11/h11,15H,2-10H2,1H3,(H2,14,17). The molecule has 0 aromatic heterocycles. The first-order valence-corrected chi connectivity index (χ1v) is 7.01. The molecule has 1 saturated heterocycles. The van der Waals surface area contributed by atoms with Gasteiger partial charge < -0.3 is 20.7 Å². The molecule has 0 aliphatic carbocycles. The molecule has 6 nitrogen and oxygen atoms in total. The monoisotopic (exact) mass is 271 g/mol. The molecule has 0 aromatic rings. The van der Waals surface area contributed by atoms with Gasteiger partial charge in [0.05, 0.1) is 6.54 Å². The number of rotatable bonds is 8. The van der Waals surface area contributed by atoms with Crippen LogP contribution in [-0.4, -0.2) is 55.6 Å². The molecule has 0 aromatic carbocycles. The van der Waals surface area contributed by atoms with Crippen LogP contribution in [0.25, 0.3) is 0 Å². The molecule has 6 heteroatoms. The Morgan fingerprint density at radius 2 is 2.05 bits per heavy atom. The minimum absolute atomic E-state index is 0.00500. The molecule has 3 N–H and O–H groups in total. The van der Waals surface area contributed by atoms with Crippen molar-refractivity contribution in [1.82, 2.24) is 10.2 Å². The zero-order valence-electron chi connectivity index (χ0n) is 11.7. The number of primary amides is 1. The highest BCUT2D eigenvalue weighted by atomic mass is 16.5. The second-order valence-electron chi connectivity index (χ2n) is 4.77. The SMILES string of the molecule is CCOCCCC(=O)N(CC(N)=O)C1CCNCC1. The number of piperidine rings is 1. The summed E-state index contributed by atoms with van der Waals surface area (Å²) >= 11 is 0. The summed E-state index contributed by atoms with van der Waals surface area (Å²) < 4.78 is 5.22. The number of hydrogen-bond acceptors (Lipinski definition) is 4. The van der Waals surface area contributed by atoms with Gasteiger partial charge >= 0.3 is 0 Å². The van der Waals surface area contributed by atoms with Gasteiger partial charge in [0.25, 0.3) is 0 Å². The Balaban J connectivity index is 2.46. The van der Waals surface area contributed by atoms with Crippen LogP contribution < -0.4 is 11.1 Å². The van der Waals surface area contributed by atoms with Gasteiger partial charge in [0.1, 0.15) is 0 Å². The smallest absolute Gasteiger partial charge is 0.237 e. The molecule has 1 aliphatic heterocycles. The number of ether oxygens (including phenoxy) is 1. The number of hydrogen-bond donors (Lipinski definition) is 2. The van der Waals surface area contributed by atoms with E-state index < -0.39 is 5.91 Å². The Kier molecular flexibility index (Phi) is 7.43. The number of nitrogens with one attached hydrogen (secondary N) is 1. The Hall–Kier alpha value is -1.14. The summed E-state index contributed by atoms with van der Waals surface area (Å²) in [5, 5.41) is 3.25. The molecule has 1 aliphatic rings. The Labute approximate surface area is 114 Å². The molecule has 110 valence electrons. The summed E-state index contributed by atoms with van der Waals surface area (Å²) in [5.74, 6) is -0.443. The average molecular weight is 271 g/mol. The van der Waals surface area contributed by atoms with E-state index >= 15 is 0 Å². The maximum Gasteiger partial charge on any atom is 0.237 e. The number of carbonyl (C=O) groups excluding carboxylic acids is 2. The van der Waals surface area contributed by atoms with Crippen LogP contribution in [-0.2, 0) is 14.3 Å². The van der Waals surface area contributed by atoms with E-state index in [2.05, 4.69) is 5.32 Å². The fourth-order valence-electron chi connectivity index (χ4n) is 2.32. The molecule has 0 spiro atoms. The normalized spacial score (nSPS) is 16.3. The van der Waals surface area contributed by atoms with Gasteiger partial charge in [-0.3, -0.25) is 9.59 Å². The van der Waals surface area contributed by atoms with Crippen molar-refractivity contribution in [2.45, 2.75) is 38.6 Å². The molecular weight excluding hydrogens is 246 g/mol. The van der Waals surface area contributed by atoms with E-state index in [-0.39, 0.29) is 18.5 Å². The Morgan fingerprint density at radius 3 is 2.63 bits per heavy atom. The molecule has 0 bridgehead atoms. The van der Waals surface area contributed by atoms with Crippen LogP contribution in [0.2, 0.25) is 0 Å². The summed E-state index contributed by atoms with van der Waals surface area (Å²) in [6, 6.07) is 0.133. The summed E-state index contributed by atoms with van der Waals surface area (Å²) in [7, 11) is 0. The zero-order chi connectivity index (χ0) is 14.1. The van der Waals surface area contributed by atoms with E-state index in [4.69, 9.17) is 10.5 Å². The van der Waals surface area contributed by atoms with Crippen molar-refractivity contribution in [3.05, 3.63) is 0 Å². The van der Waals surface area contributed by atoms with Crippen LogP contribution in [0.4, 0.5) is 0 Å². The van der Waals surface area contributed by atoms with Crippen molar-refractivity contribution >= 4 is 11.8 Å². The lowest BCUT2D eigenvalue weighted by Gasteiger charge is -2.34. The third kappa shape index (κ3) is 6.02. The maximum atomic E-state index is 12.2. The van der Waals surface area contributed by atoms with E-state index in [1.807, 2.05) is 6.92 Å². The van der Waals surface area contributed by atoms with Gasteiger partial charge in [0.15, 0.2) is 0 Å². The van der Waals surface area contributed by atoms with Crippen LogP contribution in [0, 0.1) is 0 Å². The number of amides is 2. The summed E-state index contributed by atoms with van der Waals surface area (Å²) in [6.07, 6.45) is 2.86. The van der Waals surface area contributed by atoms with E-state index in [9.17, 15) is 9.59 Å². The molecule has 1 heterocycles. The van der Waals surface area contributed by atoms with Gasteiger partial charge in [0.2, 0.25) is 11.8 Å². The number of nitrogens with zero attached hydrogens (tertiary/aromatic N) is 1. The van der Waals surface area contributed by atoms with Crippen molar-refractivity contribution in [2.75, 3.05) is 32.8 Å². The van der Waals surface area contributed by atoms with Crippen molar-refractivity contribution in [3.63, 3.8) is 0 Å². The number of carbonyl (C=O) groups is 2. The van der Waals surface area contributed by atoms with Crippen LogP contribution in [0.5, 0.6) is 0 Å². The Bertz CT molecular complexity index is 291. The van der Waals surface area contributed by atoms with Crippen LogP contribution in [0.3, 0.4) is 0 Å². The zero-order valence-corrected chi connectivity index (χ0v) is 11.7. The fraction of sp³-hybridized carbons (Fsp3) is 0.846. The topological polar surface area (TPSA) is 84.7 Å². The second kappa shape index (κ2) is 8.87. The van der Waals surface area contributed by atoms with Gasteiger partial charge in [0, 0.05) is 25.7 Å². The van der Waals surface area contributed by atoms with E-state index in [1.54, 1.807) is 4.90 Å². The van der Waals surface area contributed by atoms with Gasteiger partial charge in [-0.15, -0.1) is 0 Å². The minimum Gasteiger partial charge on any atom is -0.382 e. The quantitative estimate of drug-likeness (QED) is 0.602. The first kappa shape index (κ1) is 15.9. The predicted molar refractivity (Wildman–Crippen MR) is 72.5 cm³/mol. The maximum absolute atomic E-state index is 12.2. The van der Waals surface area contributed by atoms with Gasteiger partial charge in [-0.05, 0) is 39.3 Å². The largest absolute Gasteiger partial charge is 0.382 e. The molecule has 0 radical (unpaired) electrons. The lowest BCUT2D eigenvalue weighted by Crippen LogP contribution is -2.49. The third-order valence-electron chi connectivity index (χ3n) is 3.28. The summed E-state index contributed by atoms with van der Waals surface area (Å²) in [4.78, 5) is 25.0. The molecule has 1 fully saturated rings. The molecule has 1 rings (SSSR count). The number of nitrogens with two attached hydrogens (primary N) is 1. The highest BCUT2D eigenvalue weighted by Gasteiger charge is 2.25. The van der Waals surface area contributed by atoms with Crippen molar-refractivity contribution in [3.8, 4) is 0 Å². The highest BCUT2D eigenvalue weighted by Crippen LogP contribution is 2.13. The van der Waals surface area contributed by atoms with Crippen molar-refractivity contribution in [2.24, 2.45) is 5.73 Å². The molecule has 2 amide bonds. The van der Waals surface area contributed by atoms with E-state index in [0.717, 1.165) is 25.9 Å². The van der Waals surface area contributed by atoms with Crippen molar-refractivity contribution in [1.29, 1.82) is 0 Å². The predicted octanol–water partition coefficient (Wildman–Crippen LogP) is -0.131. The summed E-state index contributed by atoms with van der Waals surface area (Å²) in [5.41, 5.74) is 5.24. The second-order valence-corrected chi connectivity index (χ2v) is 4.77. The minimum atomic E-state index is -0.448. The first-order valence-electron chi connectivity index (χ1n) is 7.01. The fourth-order valence-corrected chi connectivity index (χ4v) is 2.32. The molecule has 19 heavy (non-hydrogen) atoms. The average Bonchev–Trinajstić information content (AvgIpc) is 2.41. The third-order valence-corrected chi connectivity index (χ3v) is 3.28. The highest BCUT2D eigenvalue weighted by molar-refractivity contribution is 5.84.